The Morgan fingerprint density at radius 3 is 2.57 bits per heavy atom. The largest absolute Gasteiger partial charge is 0.285 e. The molecular weight excluding hydrogens is 242 g/mol. The quantitative estimate of drug-likeness (QED) is 0.723. The number of rotatable bonds is 0. The molecule has 0 amide bonds. The van der Waals surface area contributed by atoms with Crippen LogP contribution < -0.4 is 0 Å². The van der Waals surface area contributed by atoms with Crippen LogP contribution in [0.2, 0.25) is 0 Å². The van der Waals surface area contributed by atoms with Gasteiger partial charge in [-0.05, 0) is 28.1 Å². The van der Waals surface area contributed by atoms with Gasteiger partial charge in [-0.25, -0.2) is 0 Å². The predicted molar refractivity (Wildman–Crippen MR) is 59.4 cm³/mol. The van der Waals surface area contributed by atoms with Crippen molar-refractivity contribution in [1.29, 1.82) is 0 Å². The molecule has 0 N–H and O–H groups in total. The van der Waals surface area contributed by atoms with Crippen LogP contribution in [0.15, 0.2) is 22.8 Å². The highest BCUT2D eigenvalue weighted by Gasteiger charge is 2.20. The molecule has 4 heteroatoms. The van der Waals surface area contributed by atoms with E-state index in [0.29, 0.717) is 0 Å². The zero-order valence-electron chi connectivity index (χ0n) is 8.45. The van der Waals surface area contributed by atoms with Crippen molar-refractivity contribution >= 4 is 21.6 Å². The van der Waals surface area contributed by atoms with Crippen molar-refractivity contribution in [3.8, 4) is 0 Å². The van der Waals surface area contributed by atoms with Gasteiger partial charge in [0.25, 0.3) is 0 Å². The third-order valence-electron chi connectivity index (χ3n) is 2.04. The summed E-state index contributed by atoms with van der Waals surface area (Å²) in [4.78, 5) is 0. The topological polar surface area (TPSA) is 30.2 Å². The van der Waals surface area contributed by atoms with E-state index in [9.17, 15) is 0 Å². The number of halogens is 1. The van der Waals surface area contributed by atoms with Crippen molar-refractivity contribution < 1.29 is 0 Å². The number of hydrogen-bond acceptors (Lipinski definition) is 2. The van der Waals surface area contributed by atoms with Crippen molar-refractivity contribution in [3.05, 3.63) is 28.6 Å². The highest BCUT2D eigenvalue weighted by Crippen LogP contribution is 2.22. The van der Waals surface area contributed by atoms with Gasteiger partial charge in [0, 0.05) is 16.1 Å². The molecule has 2 heterocycles. The fourth-order valence-corrected chi connectivity index (χ4v) is 1.71. The molecule has 2 aromatic rings. The fourth-order valence-electron chi connectivity index (χ4n) is 1.38. The lowest BCUT2D eigenvalue weighted by atomic mass is 9.96. The first-order valence-electron chi connectivity index (χ1n) is 4.49. The van der Waals surface area contributed by atoms with Gasteiger partial charge in [0.2, 0.25) is 0 Å². The molecule has 0 unspecified atom stereocenters. The molecular formula is C10H12BrN3. The zero-order chi connectivity index (χ0) is 10.3. The Morgan fingerprint density at radius 1 is 1.21 bits per heavy atom. The summed E-state index contributed by atoms with van der Waals surface area (Å²) >= 11 is 3.44. The Labute approximate surface area is 91.3 Å². The Morgan fingerprint density at radius 2 is 1.93 bits per heavy atom. The normalized spacial score (nSPS) is 12.3. The molecule has 0 saturated heterocycles. The standard InChI is InChI=1S/C10H12BrN3/c1-10(2,3)9-13-12-8-5-4-7(11)6-14(8)9/h4-6H,1-3H3. The molecule has 2 aromatic heterocycles. The van der Waals surface area contributed by atoms with Gasteiger partial charge in [-0.3, -0.25) is 4.40 Å². The van der Waals surface area contributed by atoms with E-state index in [4.69, 9.17) is 0 Å². The third kappa shape index (κ3) is 1.54. The van der Waals surface area contributed by atoms with E-state index >= 15 is 0 Å². The van der Waals surface area contributed by atoms with Crippen molar-refractivity contribution in [2.24, 2.45) is 0 Å². The number of hydrogen-bond donors (Lipinski definition) is 0. The monoisotopic (exact) mass is 253 g/mol. The van der Waals surface area contributed by atoms with E-state index in [1.165, 1.54) is 0 Å². The van der Waals surface area contributed by atoms with Crippen molar-refractivity contribution in [2.75, 3.05) is 0 Å². The lowest BCUT2D eigenvalue weighted by Crippen LogP contribution is -2.15. The van der Waals surface area contributed by atoms with Crippen molar-refractivity contribution in [3.63, 3.8) is 0 Å². The molecule has 0 aliphatic rings. The molecule has 0 saturated carbocycles. The van der Waals surface area contributed by atoms with Gasteiger partial charge in [-0.15, -0.1) is 10.2 Å². The van der Waals surface area contributed by atoms with Gasteiger partial charge < -0.3 is 0 Å². The molecule has 2 rings (SSSR count). The first-order chi connectivity index (χ1) is 6.48. The van der Waals surface area contributed by atoms with Gasteiger partial charge in [-0.1, -0.05) is 20.8 Å². The zero-order valence-corrected chi connectivity index (χ0v) is 10.0. The summed E-state index contributed by atoms with van der Waals surface area (Å²) in [6, 6.07) is 3.92. The molecule has 0 bridgehead atoms. The first-order valence-corrected chi connectivity index (χ1v) is 5.28. The minimum absolute atomic E-state index is 0.0141. The van der Waals surface area contributed by atoms with Gasteiger partial charge in [-0.2, -0.15) is 0 Å². The third-order valence-corrected chi connectivity index (χ3v) is 2.51. The van der Waals surface area contributed by atoms with Crippen LogP contribution in [0.3, 0.4) is 0 Å². The number of nitrogens with zero attached hydrogens (tertiary/aromatic N) is 3. The SMILES string of the molecule is CC(C)(C)c1nnc2ccc(Br)cn12. The summed E-state index contributed by atoms with van der Waals surface area (Å²) in [6.45, 7) is 6.39. The molecule has 0 radical (unpaired) electrons. The average Bonchev–Trinajstić information content (AvgIpc) is 2.45. The molecule has 0 aliphatic carbocycles. The summed E-state index contributed by atoms with van der Waals surface area (Å²) in [5.74, 6) is 0.980. The lowest BCUT2D eigenvalue weighted by Gasteiger charge is -2.15. The number of pyridine rings is 1. The summed E-state index contributed by atoms with van der Waals surface area (Å²) in [5, 5.41) is 8.32. The lowest BCUT2D eigenvalue weighted by molar-refractivity contribution is 0.538. The molecule has 0 aliphatic heterocycles. The van der Waals surface area contributed by atoms with Crippen molar-refractivity contribution in [2.45, 2.75) is 26.2 Å². The van der Waals surface area contributed by atoms with Crippen LogP contribution in [0.25, 0.3) is 5.65 Å². The number of aromatic nitrogens is 3. The van der Waals surface area contributed by atoms with Crippen molar-refractivity contribution in [1.82, 2.24) is 14.6 Å². The van der Waals surface area contributed by atoms with Gasteiger partial charge in [0.1, 0.15) is 5.82 Å². The Hall–Kier alpha value is -0.900. The molecule has 14 heavy (non-hydrogen) atoms. The molecule has 3 nitrogen and oxygen atoms in total. The first kappa shape index (κ1) is 9.65. The minimum atomic E-state index is 0.0141. The van der Waals surface area contributed by atoms with Crippen LogP contribution in [-0.4, -0.2) is 14.6 Å². The second-order valence-electron chi connectivity index (χ2n) is 4.35. The second-order valence-corrected chi connectivity index (χ2v) is 5.26. The van der Waals surface area contributed by atoms with E-state index in [-0.39, 0.29) is 5.41 Å². The van der Waals surface area contributed by atoms with E-state index in [2.05, 4.69) is 46.9 Å². The average molecular weight is 254 g/mol. The van der Waals surface area contributed by atoms with E-state index in [1.54, 1.807) is 0 Å². The van der Waals surface area contributed by atoms with Crippen LogP contribution in [-0.2, 0) is 5.41 Å². The Balaban J connectivity index is 2.73. The number of fused-ring (bicyclic) bond motifs is 1. The maximum Gasteiger partial charge on any atom is 0.160 e. The van der Waals surface area contributed by atoms with E-state index < -0.39 is 0 Å². The molecule has 0 atom stereocenters. The van der Waals surface area contributed by atoms with Gasteiger partial charge >= 0.3 is 0 Å². The van der Waals surface area contributed by atoms with Gasteiger partial charge in [0.15, 0.2) is 5.65 Å². The summed E-state index contributed by atoms with van der Waals surface area (Å²) in [7, 11) is 0. The summed E-state index contributed by atoms with van der Waals surface area (Å²) in [6.07, 6.45) is 2.00. The molecule has 0 aromatic carbocycles. The van der Waals surface area contributed by atoms with Crippen LogP contribution >= 0.6 is 15.9 Å². The molecule has 74 valence electrons. The second kappa shape index (κ2) is 3.05. The molecule has 0 fully saturated rings. The van der Waals surface area contributed by atoms with Gasteiger partial charge in [0.05, 0.1) is 0 Å². The summed E-state index contributed by atoms with van der Waals surface area (Å²) in [5.41, 5.74) is 0.901. The highest BCUT2D eigenvalue weighted by atomic mass is 79.9. The maximum atomic E-state index is 4.20. The minimum Gasteiger partial charge on any atom is -0.285 e. The smallest absolute Gasteiger partial charge is 0.160 e. The Bertz CT molecular complexity index is 468. The summed E-state index contributed by atoms with van der Waals surface area (Å²) < 4.78 is 3.06. The van der Waals surface area contributed by atoms with Crippen LogP contribution in [0.4, 0.5) is 0 Å². The van der Waals surface area contributed by atoms with E-state index in [1.807, 2.05) is 22.7 Å². The van der Waals surface area contributed by atoms with E-state index in [0.717, 1.165) is 15.9 Å². The molecule has 0 spiro atoms. The van der Waals surface area contributed by atoms with Crippen LogP contribution in [0.5, 0.6) is 0 Å². The van der Waals surface area contributed by atoms with Crippen LogP contribution in [0, 0.1) is 0 Å². The maximum absolute atomic E-state index is 4.20. The van der Waals surface area contributed by atoms with Crippen LogP contribution in [0.1, 0.15) is 26.6 Å². The fraction of sp³-hybridized carbons (Fsp3) is 0.400. The highest BCUT2D eigenvalue weighted by molar-refractivity contribution is 9.10. The predicted octanol–water partition coefficient (Wildman–Crippen LogP) is 2.79. The Kier molecular flexibility index (Phi) is 2.10.